The van der Waals surface area contributed by atoms with Crippen LogP contribution in [-0.4, -0.2) is 37.3 Å². The van der Waals surface area contributed by atoms with Crippen molar-refractivity contribution in [2.45, 2.75) is 46.0 Å². The highest BCUT2D eigenvalue weighted by atomic mass is 16.3. The molecule has 3 N–H and O–H groups in total. The first-order valence-electron chi connectivity index (χ1n) is 7.28. The van der Waals surface area contributed by atoms with Crippen molar-refractivity contribution in [2.24, 2.45) is 11.3 Å². The summed E-state index contributed by atoms with van der Waals surface area (Å²) in [5, 5.41) is 15.4. The van der Waals surface area contributed by atoms with Crippen LogP contribution in [0.1, 0.15) is 46.0 Å². The SMILES string of the molecule is CCCC(CCO)CNC(=O)C1(CC)CCNC1. The normalized spacial score (nSPS) is 25.1. The van der Waals surface area contributed by atoms with E-state index in [2.05, 4.69) is 24.5 Å². The van der Waals surface area contributed by atoms with Crippen LogP contribution in [0.2, 0.25) is 0 Å². The lowest BCUT2D eigenvalue weighted by molar-refractivity contribution is -0.130. The summed E-state index contributed by atoms with van der Waals surface area (Å²) in [6, 6.07) is 0. The van der Waals surface area contributed by atoms with Gasteiger partial charge in [0, 0.05) is 19.7 Å². The zero-order valence-electron chi connectivity index (χ0n) is 11.8. The van der Waals surface area contributed by atoms with Crippen LogP contribution in [0.15, 0.2) is 0 Å². The predicted octanol–water partition coefficient (Wildman–Crippen LogP) is 1.29. The first-order valence-corrected chi connectivity index (χ1v) is 7.28. The Bertz CT molecular complexity index is 244. The summed E-state index contributed by atoms with van der Waals surface area (Å²) >= 11 is 0. The molecule has 1 rings (SSSR count). The van der Waals surface area contributed by atoms with Crippen molar-refractivity contribution < 1.29 is 9.90 Å². The van der Waals surface area contributed by atoms with Crippen LogP contribution >= 0.6 is 0 Å². The zero-order chi connectivity index (χ0) is 13.4. The first kappa shape index (κ1) is 15.4. The maximum Gasteiger partial charge on any atom is 0.227 e. The van der Waals surface area contributed by atoms with Gasteiger partial charge in [0.25, 0.3) is 0 Å². The Morgan fingerprint density at radius 1 is 1.44 bits per heavy atom. The molecule has 0 aromatic rings. The Hall–Kier alpha value is -0.610. The third-order valence-corrected chi connectivity index (χ3v) is 4.19. The molecule has 18 heavy (non-hydrogen) atoms. The van der Waals surface area contributed by atoms with E-state index in [1.165, 1.54) is 0 Å². The van der Waals surface area contributed by atoms with Crippen molar-refractivity contribution in [3.05, 3.63) is 0 Å². The fourth-order valence-electron chi connectivity index (χ4n) is 2.76. The molecular formula is C14H28N2O2. The largest absolute Gasteiger partial charge is 0.396 e. The van der Waals surface area contributed by atoms with Crippen LogP contribution in [0.5, 0.6) is 0 Å². The van der Waals surface area contributed by atoms with E-state index >= 15 is 0 Å². The van der Waals surface area contributed by atoms with E-state index in [-0.39, 0.29) is 17.9 Å². The van der Waals surface area contributed by atoms with E-state index < -0.39 is 0 Å². The van der Waals surface area contributed by atoms with Crippen LogP contribution < -0.4 is 10.6 Å². The molecule has 2 atom stereocenters. The van der Waals surface area contributed by atoms with E-state index in [0.717, 1.165) is 45.2 Å². The van der Waals surface area contributed by atoms with Crippen LogP contribution in [0.3, 0.4) is 0 Å². The fourth-order valence-corrected chi connectivity index (χ4v) is 2.76. The van der Waals surface area contributed by atoms with Gasteiger partial charge in [-0.1, -0.05) is 20.3 Å². The Labute approximate surface area is 111 Å². The quantitative estimate of drug-likeness (QED) is 0.613. The third-order valence-electron chi connectivity index (χ3n) is 4.19. The lowest BCUT2D eigenvalue weighted by atomic mass is 9.83. The Kier molecular flexibility index (Phi) is 6.65. The van der Waals surface area contributed by atoms with Crippen LogP contribution in [0.25, 0.3) is 0 Å². The minimum atomic E-state index is -0.198. The molecule has 1 aliphatic heterocycles. The van der Waals surface area contributed by atoms with Crippen LogP contribution in [0.4, 0.5) is 0 Å². The van der Waals surface area contributed by atoms with Crippen LogP contribution in [0, 0.1) is 11.3 Å². The average Bonchev–Trinajstić information content (AvgIpc) is 2.86. The molecule has 106 valence electrons. The highest BCUT2D eigenvalue weighted by Crippen LogP contribution is 2.29. The molecule has 4 nitrogen and oxygen atoms in total. The van der Waals surface area contributed by atoms with Crippen molar-refractivity contribution >= 4 is 5.91 Å². The molecule has 0 aromatic carbocycles. The molecule has 0 bridgehead atoms. The van der Waals surface area contributed by atoms with Gasteiger partial charge in [0.15, 0.2) is 0 Å². The van der Waals surface area contributed by atoms with Crippen molar-refractivity contribution in [1.82, 2.24) is 10.6 Å². The molecule has 4 heteroatoms. The van der Waals surface area contributed by atoms with Gasteiger partial charge >= 0.3 is 0 Å². The summed E-state index contributed by atoms with van der Waals surface area (Å²) in [7, 11) is 0. The minimum absolute atomic E-state index is 0.189. The van der Waals surface area contributed by atoms with Gasteiger partial charge < -0.3 is 15.7 Å². The maximum absolute atomic E-state index is 12.3. The smallest absolute Gasteiger partial charge is 0.227 e. The summed E-state index contributed by atoms with van der Waals surface area (Å²) < 4.78 is 0. The molecule has 0 aliphatic carbocycles. The van der Waals surface area contributed by atoms with E-state index in [4.69, 9.17) is 5.11 Å². The first-order chi connectivity index (χ1) is 8.68. The molecule has 2 unspecified atom stereocenters. The van der Waals surface area contributed by atoms with Gasteiger partial charge in [-0.25, -0.2) is 0 Å². The zero-order valence-corrected chi connectivity index (χ0v) is 11.8. The highest BCUT2D eigenvalue weighted by molar-refractivity contribution is 5.83. The number of amides is 1. The molecule has 1 amide bonds. The van der Waals surface area contributed by atoms with Gasteiger partial charge in [0.1, 0.15) is 0 Å². The van der Waals surface area contributed by atoms with Gasteiger partial charge in [0.2, 0.25) is 5.91 Å². The van der Waals surface area contributed by atoms with E-state index in [1.807, 2.05) is 0 Å². The number of aliphatic hydroxyl groups excluding tert-OH is 1. The number of hydrogen-bond acceptors (Lipinski definition) is 3. The standard InChI is InChI=1S/C14H28N2O2/c1-3-5-12(6-9-17)10-16-13(18)14(4-2)7-8-15-11-14/h12,15,17H,3-11H2,1-2H3,(H,16,18). The van der Waals surface area contributed by atoms with E-state index in [1.54, 1.807) is 0 Å². The second-order valence-corrected chi connectivity index (χ2v) is 5.44. The number of hydrogen-bond donors (Lipinski definition) is 3. The number of rotatable bonds is 8. The number of carbonyl (C=O) groups excluding carboxylic acids is 1. The lowest BCUT2D eigenvalue weighted by Gasteiger charge is -2.26. The average molecular weight is 256 g/mol. The van der Waals surface area contributed by atoms with Gasteiger partial charge in [-0.05, 0) is 38.1 Å². The topological polar surface area (TPSA) is 61.4 Å². The summed E-state index contributed by atoms with van der Waals surface area (Å²) in [5.74, 6) is 0.598. The van der Waals surface area contributed by atoms with E-state index in [9.17, 15) is 4.79 Å². The molecule has 0 radical (unpaired) electrons. The number of nitrogens with one attached hydrogen (secondary N) is 2. The van der Waals surface area contributed by atoms with Crippen molar-refractivity contribution in [3.8, 4) is 0 Å². The number of aliphatic hydroxyl groups is 1. The van der Waals surface area contributed by atoms with Crippen molar-refractivity contribution in [3.63, 3.8) is 0 Å². The summed E-state index contributed by atoms with van der Waals surface area (Å²) in [5.41, 5.74) is -0.198. The molecular weight excluding hydrogens is 228 g/mol. The van der Waals surface area contributed by atoms with Crippen LogP contribution in [-0.2, 0) is 4.79 Å². The molecule has 1 fully saturated rings. The Morgan fingerprint density at radius 2 is 2.22 bits per heavy atom. The highest BCUT2D eigenvalue weighted by Gasteiger charge is 2.39. The Morgan fingerprint density at radius 3 is 2.72 bits per heavy atom. The molecule has 1 heterocycles. The van der Waals surface area contributed by atoms with Gasteiger partial charge in [0.05, 0.1) is 5.41 Å². The maximum atomic E-state index is 12.3. The fraction of sp³-hybridized carbons (Fsp3) is 0.929. The lowest BCUT2D eigenvalue weighted by Crippen LogP contribution is -2.43. The second kappa shape index (κ2) is 7.74. The molecule has 0 aromatic heterocycles. The van der Waals surface area contributed by atoms with Gasteiger partial charge in [-0.15, -0.1) is 0 Å². The second-order valence-electron chi connectivity index (χ2n) is 5.44. The predicted molar refractivity (Wildman–Crippen MR) is 73.3 cm³/mol. The van der Waals surface area contributed by atoms with Gasteiger partial charge in [-0.3, -0.25) is 4.79 Å². The molecule has 0 spiro atoms. The molecule has 1 aliphatic rings. The molecule has 0 saturated carbocycles. The Balaban J connectivity index is 2.42. The van der Waals surface area contributed by atoms with Crippen molar-refractivity contribution in [1.29, 1.82) is 0 Å². The van der Waals surface area contributed by atoms with E-state index in [0.29, 0.717) is 12.5 Å². The van der Waals surface area contributed by atoms with Gasteiger partial charge in [-0.2, -0.15) is 0 Å². The molecule has 1 saturated heterocycles. The third kappa shape index (κ3) is 3.95. The summed E-state index contributed by atoms with van der Waals surface area (Å²) in [4.78, 5) is 12.3. The summed E-state index contributed by atoms with van der Waals surface area (Å²) in [6.07, 6.45) is 4.78. The summed E-state index contributed by atoms with van der Waals surface area (Å²) in [6.45, 7) is 6.88. The number of carbonyl (C=O) groups is 1. The minimum Gasteiger partial charge on any atom is -0.396 e. The monoisotopic (exact) mass is 256 g/mol. The van der Waals surface area contributed by atoms with Crippen molar-refractivity contribution in [2.75, 3.05) is 26.2 Å².